The first-order valence-corrected chi connectivity index (χ1v) is 7.24. The molecule has 0 bridgehead atoms. The maximum absolute atomic E-state index is 11.0. The summed E-state index contributed by atoms with van der Waals surface area (Å²) in [6.07, 6.45) is 10.3. The molecule has 0 aliphatic heterocycles. The number of carbonyl (C=O) groups is 1. The fraction of sp³-hybridized carbons (Fsp3) is 0.800. The third-order valence-electron chi connectivity index (χ3n) is 5.51. The van der Waals surface area contributed by atoms with Gasteiger partial charge in [-0.2, -0.15) is 0 Å². The fourth-order valence-corrected chi connectivity index (χ4v) is 4.30. The van der Waals surface area contributed by atoms with Crippen molar-refractivity contribution in [1.29, 1.82) is 0 Å². The quantitative estimate of drug-likeness (QED) is 0.736. The predicted molar refractivity (Wildman–Crippen MR) is 70.0 cm³/mol. The molecule has 0 heterocycles. The summed E-state index contributed by atoms with van der Waals surface area (Å²) < 4.78 is 0. The second kappa shape index (κ2) is 4.37. The van der Waals surface area contributed by atoms with Gasteiger partial charge in [0.2, 0.25) is 0 Å². The summed E-state index contributed by atoms with van der Waals surface area (Å²) in [6, 6.07) is 0. The molecule has 2 saturated carbocycles. The normalized spacial score (nSPS) is 38.6. The van der Waals surface area contributed by atoms with E-state index in [-0.39, 0.29) is 11.8 Å². The summed E-state index contributed by atoms with van der Waals surface area (Å²) >= 11 is 0. The lowest BCUT2D eigenvalue weighted by atomic mass is 9.53. The molecule has 3 aliphatic rings. The van der Waals surface area contributed by atoms with Crippen LogP contribution in [0.2, 0.25) is 0 Å². The van der Waals surface area contributed by atoms with Crippen LogP contribution >= 0.6 is 0 Å². The number of hydrogen-bond acceptors (Lipinski definition) is 2. The standard InChI is InChI=1S/C15H23NO2/c16-9-15(8-14(17)18)7-12-5-11(6-13(12)15)4-10-2-1-3-10/h6,10,12-13H,1-5,7-9,16H2,(H,17,18)/t12-,13-,15-/m0/s1. The van der Waals surface area contributed by atoms with Gasteiger partial charge in [-0.1, -0.05) is 30.9 Å². The Morgan fingerprint density at radius 1 is 1.50 bits per heavy atom. The molecule has 0 unspecified atom stereocenters. The summed E-state index contributed by atoms with van der Waals surface area (Å²) in [6.45, 7) is 0.522. The molecule has 0 aromatic rings. The Kier molecular flexibility index (Phi) is 2.97. The molecule has 0 amide bonds. The molecule has 100 valence electrons. The second-order valence-electron chi connectivity index (χ2n) is 6.66. The SMILES string of the molecule is NC[C@@]1(CC(=O)O)C[C@@H]2CC(CC3CCC3)=C[C@@H]21. The van der Waals surface area contributed by atoms with Crippen LogP contribution in [-0.2, 0) is 4.79 Å². The van der Waals surface area contributed by atoms with Crippen LogP contribution in [0.3, 0.4) is 0 Å². The van der Waals surface area contributed by atoms with Crippen molar-refractivity contribution in [3.8, 4) is 0 Å². The van der Waals surface area contributed by atoms with Gasteiger partial charge < -0.3 is 10.8 Å². The van der Waals surface area contributed by atoms with Gasteiger partial charge in [0, 0.05) is 0 Å². The molecule has 0 radical (unpaired) electrons. The average molecular weight is 249 g/mol. The Hall–Kier alpha value is -0.830. The first-order valence-electron chi connectivity index (χ1n) is 7.24. The minimum Gasteiger partial charge on any atom is -0.481 e. The van der Waals surface area contributed by atoms with Crippen molar-refractivity contribution in [2.45, 2.75) is 44.9 Å². The molecule has 3 nitrogen and oxygen atoms in total. The lowest BCUT2D eigenvalue weighted by Crippen LogP contribution is -2.51. The number of carboxylic acid groups (broad SMARTS) is 1. The van der Waals surface area contributed by atoms with E-state index in [1.165, 1.54) is 32.1 Å². The van der Waals surface area contributed by atoms with Crippen molar-refractivity contribution in [2.24, 2.45) is 28.9 Å². The lowest BCUT2D eigenvalue weighted by Gasteiger charge is -2.51. The zero-order chi connectivity index (χ0) is 12.8. The van der Waals surface area contributed by atoms with E-state index >= 15 is 0 Å². The van der Waals surface area contributed by atoms with Gasteiger partial charge in [-0.15, -0.1) is 0 Å². The summed E-state index contributed by atoms with van der Waals surface area (Å²) in [4.78, 5) is 11.0. The first-order chi connectivity index (χ1) is 8.63. The monoisotopic (exact) mass is 249 g/mol. The molecule has 0 aromatic carbocycles. The fourth-order valence-electron chi connectivity index (χ4n) is 4.30. The van der Waals surface area contributed by atoms with Gasteiger partial charge in [0.15, 0.2) is 0 Å². The van der Waals surface area contributed by atoms with E-state index in [1.54, 1.807) is 5.57 Å². The average Bonchev–Trinajstić information content (AvgIpc) is 2.59. The summed E-state index contributed by atoms with van der Waals surface area (Å²) in [7, 11) is 0. The smallest absolute Gasteiger partial charge is 0.303 e. The Morgan fingerprint density at radius 3 is 2.83 bits per heavy atom. The van der Waals surface area contributed by atoms with Gasteiger partial charge >= 0.3 is 5.97 Å². The van der Waals surface area contributed by atoms with Crippen LogP contribution in [0.5, 0.6) is 0 Å². The van der Waals surface area contributed by atoms with E-state index in [9.17, 15) is 4.79 Å². The van der Waals surface area contributed by atoms with Crippen LogP contribution in [0.25, 0.3) is 0 Å². The third-order valence-corrected chi connectivity index (χ3v) is 5.51. The largest absolute Gasteiger partial charge is 0.481 e. The third kappa shape index (κ3) is 1.89. The first kappa shape index (κ1) is 12.2. The van der Waals surface area contributed by atoms with Crippen molar-refractivity contribution in [3.05, 3.63) is 11.6 Å². The van der Waals surface area contributed by atoms with Crippen molar-refractivity contribution in [3.63, 3.8) is 0 Å². The van der Waals surface area contributed by atoms with Crippen molar-refractivity contribution < 1.29 is 9.90 Å². The molecule has 3 heteroatoms. The van der Waals surface area contributed by atoms with Gasteiger partial charge in [-0.05, 0) is 49.0 Å². The Balaban J connectivity index is 1.66. The molecule has 0 saturated heterocycles. The Labute approximate surface area is 108 Å². The van der Waals surface area contributed by atoms with Crippen molar-refractivity contribution >= 4 is 5.97 Å². The molecule has 0 spiro atoms. The molecule has 3 atom stereocenters. The van der Waals surface area contributed by atoms with Crippen LogP contribution in [0, 0.1) is 23.2 Å². The molecular weight excluding hydrogens is 226 g/mol. The number of fused-ring (bicyclic) bond motifs is 1. The minimum atomic E-state index is -0.695. The molecular formula is C15H23NO2. The topological polar surface area (TPSA) is 63.3 Å². The van der Waals surface area contributed by atoms with E-state index in [2.05, 4.69) is 6.08 Å². The Morgan fingerprint density at radius 2 is 2.28 bits per heavy atom. The predicted octanol–water partition coefficient (Wildman–Crippen LogP) is 2.56. The van der Waals surface area contributed by atoms with Crippen LogP contribution in [-0.4, -0.2) is 17.6 Å². The second-order valence-corrected chi connectivity index (χ2v) is 6.66. The van der Waals surface area contributed by atoms with Crippen LogP contribution in [0.15, 0.2) is 11.6 Å². The van der Waals surface area contributed by atoms with Gasteiger partial charge in [0.05, 0.1) is 6.42 Å². The van der Waals surface area contributed by atoms with Crippen LogP contribution < -0.4 is 5.73 Å². The number of allylic oxidation sites excluding steroid dienone is 2. The van der Waals surface area contributed by atoms with Crippen molar-refractivity contribution in [2.75, 3.05) is 6.54 Å². The van der Waals surface area contributed by atoms with Crippen LogP contribution in [0.4, 0.5) is 0 Å². The van der Waals surface area contributed by atoms with E-state index < -0.39 is 5.97 Å². The molecule has 3 N–H and O–H groups in total. The Bertz CT molecular complexity index is 386. The highest BCUT2D eigenvalue weighted by Crippen LogP contribution is 2.60. The highest BCUT2D eigenvalue weighted by Gasteiger charge is 2.54. The van der Waals surface area contributed by atoms with Gasteiger partial charge in [0.25, 0.3) is 0 Å². The number of hydrogen-bond donors (Lipinski definition) is 2. The van der Waals surface area contributed by atoms with Gasteiger partial charge in [-0.25, -0.2) is 0 Å². The minimum absolute atomic E-state index is 0.127. The summed E-state index contributed by atoms with van der Waals surface area (Å²) in [5.74, 6) is 1.37. The molecule has 3 rings (SSSR count). The summed E-state index contributed by atoms with van der Waals surface area (Å²) in [5, 5.41) is 9.05. The van der Waals surface area contributed by atoms with E-state index in [1.807, 2.05) is 0 Å². The molecule has 2 fully saturated rings. The molecule has 18 heavy (non-hydrogen) atoms. The van der Waals surface area contributed by atoms with Crippen LogP contribution in [0.1, 0.15) is 44.9 Å². The number of rotatable bonds is 5. The van der Waals surface area contributed by atoms with E-state index in [4.69, 9.17) is 10.8 Å². The molecule has 3 aliphatic carbocycles. The maximum Gasteiger partial charge on any atom is 0.303 e. The zero-order valence-corrected chi connectivity index (χ0v) is 10.9. The van der Waals surface area contributed by atoms with E-state index in [0.717, 1.165) is 12.3 Å². The zero-order valence-electron chi connectivity index (χ0n) is 10.9. The highest BCUT2D eigenvalue weighted by atomic mass is 16.4. The molecule has 0 aromatic heterocycles. The lowest BCUT2D eigenvalue weighted by molar-refractivity contribution is -0.144. The highest BCUT2D eigenvalue weighted by molar-refractivity contribution is 5.68. The van der Waals surface area contributed by atoms with E-state index in [0.29, 0.717) is 18.4 Å². The number of aliphatic carboxylic acids is 1. The maximum atomic E-state index is 11.0. The number of nitrogens with two attached hydrogens (primary N) is 1. The number of carboxylic acids is 1. The van der Waals surface area contributed by atoms with Crippen molar-refractivity contribution in [1.82, 2.24) is 0 Å². The van der Waals surface area contributed by atoms with Gasteiger partial charge in [0.1, 0.15) is 0 Å². The van der Waals surface area contributed by atoms with Gasteiger partial charge in [-0.3, -0.25) is 4.79 Å². The summed E-state index contributed by atoms with van der Waals surface area (Å²) in [5.41, 5.74) is 7.33.